The van der Waals surface area contributed by atoms with Crippen LogP contribution in [0.2, 0.25) is 5.02 Å². The quantitative estimate of drug-likeness (QED) is 0.426. The second kappa shape index (κ2) is 9.20. The van der Waals surface area contributed by atoms with Crippen LogP contribution in [-0.4, -0.2) is 46.1 Å². The summed E-state index contributed by atoms with van der Waals surface area (Å²) in [5.74, 6) is -0.389. The molecule has 2 aromatic carbocycles. The van der Waals surface area contributed by atoms with Gasteiger partial charge in [0.25, 0.3) is 11.1 Å². The van der Waals surface area contributed by atoms with E-state index in [1.807, 2.05) is 0 Å². The molecule has 6 nitrogen and oxygen atoms in total. The van der Waals surface area contributed by atoms with E-state index in [1.54, 1.807) is 30.5 Å². The van der Waals surface area contributed by atoms with Gasteiger partial charge in [-0.3, -0.25) is 19.2 Å². The molecule has 1 saturated heterocycles. The van der Waals surface area contributed by atoms with E-state index < -0.39 is 11.7 Å². The smallest absolute Gasteiger partial charge is 0.383 e. The van der Waals surface area contributed by atoms with Crippen LogP contribution in [0.4, 0.5) is 18.0 Å². The molecule has 3 aromatic rings. The number of alkyl halides is 3. The zero-order valence-electron chi connectivity index (χ0n) is 17.2. The van der Waals surface area contributed by atoms with E-state index in [-0.39, 0.29) is 41.4 Å². The summed E-state index contributed by atoms with van der Waals surface area (Å²) in [5.41, 5.74) is 0.537. The minimum Gasteiger partial charge on any atom is -0.383 e. The number of hydrogen-bond donors (Lipinski definition) is 0. The monoisotopic (exact) mass is 495 g/mol. The predicted molar refractivity (Wildman–Crippen MR) is 120 cm³/mol. The maximum absolute atomic E-state index is 13.4. The van der Waals surface area contributed by atoms with Gasteiger partial charge >= 0.3 is 6.18 Å². The summed E-state index contributed by atoms with van der Waals surface area (Å²) in [4.78, 5) is 26.0. The van der Waals surface area contributed by atoms with E-state index in [9.17, 15) is 22.8 Å². The fourth-order valence-electron chi connectivity index (χ4n) is 3.46. The number of carbonyl (C=O) groups excluding carboxylic acids is 2. The molecule has 0 radical (unpaired) electrons. The molecule has 172 valence electrons. The number of methoxy groups -OCH3 is 1. The van der Waals surface area contributed by atoms with Gasteiger partial charge in [0, 0.05) is 17.5 Å². The molecule has 1 fully saturated rings. The zero-order chi connectivity index (χ0) is 23.8. The lowest BCUT2D eigenvalue weighted by Crippen LogP contribution is -2.31. The molecule has 0 spiro atoms. The maximum Gasteiger partial charge on any atom is 0.416 e. The van der Waals surface area contributed by atoms with Crippen LogP contribution < -0.4 is 0 Å². The Bertz CT molecular complexity index is 1270. The standard InChI is InChI=1S/C22H17ClF3N3O3S/c1-32-7-6-28-20(30)19(33-21(28)31)9-13-2-5-18-15(8-13)11-27-29(18)12-14-3-4-16(23)10-17(14)22(24,25)26/h2-5,8-11H,6-7,12H2,1H3. The Morgan fingerprint density at radius 3 is 2.70 bits per heavy atom. The molecule has 0 saturated carbocycles. The second-order valence-corrected chi connectivity index (χ2v) is 8.68. The zero-order valence-corrected chi connectivity index (χ0v) is 18.8. The predicted octanol–water partition coefficient (Wildman–Crippen LogP) is 5.44. The van der Waals surface area contributed by atoms with E-state index in [0.717, 1.165) is 22.7 Å². The van der Waals surface area contributed by atoms with Crippen molar-refractivity contribution in [3.05, 3.63) is 69.2 Å². The van der Waals surface area contributed by atoms with Crippen molar-refractivity contribution in [3.63, 3.8) is 0 Å². The van der Waals surface area contributed by atoms with E-state index in [1.165, 1.54) is 23.9 Å². The first-order chi connectivity index (χ1) is 15.7. The number of halogens is 4. The molecule has 1 aliphatic heterocycles. The van der Waals surface area contributed by atoms with Gasteiger partial charge in [-0.15, -0.1) is 0 Å². The van der Waals surface area contributed by atoms with Crippen molar-refractivity contribution in [1.82, 2.24) is 14.7 Å². The number of imide groups is 1. The second-order valence-electron chi connectivity index (χ2n) is 7.25. The Hall–Kier alpha value is -2.82. The molecule has 1 aromatic heterocycles. The van der Waals surface area contributed by atoms with E-state index in [4.69, 9.17) is 16.3 Å². The Labute approximate surface area is 195 Å². The molecule has 2 heterocycles. The van der Waals surface area contributed by atoms with Crippen molar-refractivity contribution < 1.29 is 27.5 Å². The van der Waals surface area contributed by atoms with Crippen molar-refractivity contribution >= 4 is 51.5 Å². The van der Waals surface area contributed by atoms with E-state index >= 15 is 0 Å². The number of carbonyl (C=O) groups is 2. The number of rotatable bonds is 6. The number of ether oxygens (including phenoxy) is 1. The van der Waals surface area contributed by atoms with Gasteiger partial charge in [0.05, 0.1) is 41.9 Å². The highest BCUT2D eigenvalue weighted by molar-refractivity contribution is 8.18. The van der Waals surface area contributed by atoms with Gasteiger partial charge in [-0.2, -0.15) is 18.3 Å². The van der Waals surface area contributed by atoms with Gasteiger partial charge in [0.2, 0.25) is 0 Å². The fourth-order valence-corrected chi connectivity index (χ4v) is 4.50. The molecule has 0 bridgehead atoms. The van der Waals surface area contributed by atoms with Crippen LogP contribution in [0.3, 0.4) is 0 Å². The molecule has 1 aliphatic rings. The van der Waals surface area contributed by atoms with E-state index in [0.29, 0.717) is 21.4 Å². The highest BCUT2D eigenvalue weighted by Crippen LogP contribution is 2.35. The lowest BCUT2D eigenvalue weighted by Gasteiger charge is -2.14. The maximum atomic E-state index is 13.4. The topological polar surface area (TPSA) is 64.4 Å². The summed E-state index contributed by atoms with van der Waals surface area (Å²) in [6.07, 6.45) is -1.39. The minimum absolute atomic E-state index is 0.00711. The highest BCUT2D eigenvalue weighted by Gasteiger charge is 2.35. The number of thioether (sulfide) groups is 1. The van der Waals surface area contributed by atoms with Crippen molar-refractivity contribution in [3.8, 4) is 0 Å². The first-order valence-electron chi connectivity index (χ1n) is 9.73. The molecule has 0 aliphatic carbocycles. The van der Waals surface area contributed by atoms with Crippen molar-refractivity contribution in [2.75, 3.05) is 20.3 Å². The van der Waals surface area contributed by atoms with Gasteiger partial charge in [-0.1, -0.05) is 23.7 Å². The van der Waals surface area contributed by atoms with Crippen LogP contribution in [0, 0.1) is 0 Å². The molecule has 0 unspecified atom stereocenters. The average molecular weight is 496 g/mol. The summed E-state index contributed by atoms with van der Waals surface area (Å²) >= 11 is 6.61. The SMILES string of the molecule is COCCN1C(=O)SC(=Cc2ccc3c(cnn3Cc3ccc(Cl)cc3C(F)(F)F)c2)C1=O. The lowest BCUT2D eigenvalue weighted by atomic mass is 10.1. The molecule has 0 N–H and O–H groups in total. The van der Waals surface area contributed by atoms with Gasteiger partial charge in [0.1, 0.15) is 0 Å². The number of hydrogen-bond acceptors (Lipinski definition) is 5. The first kappa shape index (κ1) is 23.3. The first-order valence-corrected chi connectivity index (χ1v) is 10.9. The molecule has 11 heteroatoms. The van der Waals surface area contributed by atoms with Gasteiger partial charge in [0.15, 0.2) is 0 Å². The molecule has 33 heavy (non-hydrogen) atoms. The Balaban J connectivity index is 1.60. The van der Waals surface area contributed by atoms with Crippen LogP contribution in [-0.2, 0) is 22.3 Å². The third-order valence-corrected chi connectivity index (χ3v) is 6.20. The van der Waals surface area contributed by atoms with Crippen molar-refractivity contribution in [2.45, 2.75) is 12.7 Å². The number of fused-ring (bicyclic) bond motifs is 1. The fraction of sp³-hybridized carbons (Fsp3) is 0.227. The Morgan fingerprint density at radius 2 is 1.97 bits per heavy atom. The number of nitrogens with zero attached hydrogens (tertiary/aromatic N) is 3. The van der Waals surface area contributed by atoms with Crippen LogP contribution in [0.15, 0.2) is 47.5 Å². The van der Waals surface area contributed by atoms with E-state index in [2.05, 4.69) is 5.10 Å². The van der Waals surface area contributed by atoms with Crippen LogP contribution >= 0.6 is 23.4 Å². The summed E-state index contributed by atoms with van der Waals surface area (Å²) < 4.78 is 46.6. The van der Waals surface area contributed by atoms with Crippen molar-refractivity contribution in [2.24, 2.45) is 0 Å². The summed E-state index contributed by atoms with van der Waals surface area (Å²) in [6.45, 7) is 0.336. The molecule has 2 amide bonds. The van der Waals surface area contributed by atoms with Crippen LogP contribution in [0.1, 0.15) is 16.7 Å². The number of aromatic nitrogens is 2. The molecule has 4 rings (SSSR count). The summed E-state index contributed by atoms with van der Waals surface area (Å²) in [7, 11) is 1.49. The van der Waals surface area contributed by atoms with Crippen LogP contribution in [0.25, 0.3) is 17.0 Å². The third kappa shape index (κ3) is 4.92. The van der Waals surface area contributed by atoms with Gasteiger partial charge in [-0.05, 0) is 53.2 Å². The van der Waals surface area contributed by atoms with Gasteiger partial charge < -0.3 is 4.74 Å². The largest absolute Gasteiger partial charge is 0.416 e. The minimum atomic E-state index is -4.54. The van der Waals surface area contributed by atoms with Crippen LogP contribution in [0.5, 0.6) is 0 Å². The average Bonchev–Trinajstić information content (AvgIpc) is 3.27. The highest BCUT2D eigenvalue weighted by atomic mass is 35.5. The molecular weight excluding hydrogens is 479 g/mol. The Morgan fingerprint density at radius 1 is 1.18 bits per heavy atom. The van der Waals surface area contributed by atoms with Crippen molar-refractivity contribution in [1.29, 1.82) is 0 Å². The third-order valence-electron chi connectivity index (χ3n) is 5.05. The normalized spacial score (nSPS) is 15.9. The summed E-state index contributed by atoms with van der Waals surface area (Å²) in [6, 6.07) is 8.85. The number of benzene rings is 2. The number of amides is 2. The summed E-state index contributed by atoms with van der Waals surface area (Å²) in [5, 5.41) is 4.56. The van der Waals surface area contributed by atoms with Gasteiger partial charge in [-0.25, -0.2) is 0 Å². The lowest BCUT2D eigenvalue weighted by molar-refractivity contribution is -0.138. The molecule has 0 atom stereocenters. The molecular formula is C22H17ClF3N3O3S. The Kier molecular flexibility index (Phi) is 6.51.